The third-order valence-corrected chi connectivity index (χ3v) is 6.20. The minimum Gasteiger partial charge on any atom is -0.454 e. The number of nitrogens with zero attached hydrogens (tertiary/aromatic N) is 4. The fraction of sp³-hybridized carbons (Fsp3) is 0.222. The number of furan rings is 1. The van der Waals surface area contributed by atoms with E-state index in [1.54, 1.807) is 31.2 Å². The van der Waals surface area contributed by atoms with Crippen LogP contribution in [0.2, 0.25) is 0 Å². The number of nitrogens with one attached hydrogen (secondary N) is 1. The lowest BCUT2D eigenvalue weighted by molar-refractivity contribution is 0.0994. The normalized spacial score (nSPS) is 13.6. The van der Waals surface area contributed by atoms with Crippen molar-refractivity contribution in [2.24, 2.45) is 0 Å². The predicted octanol–water partition coefficient (Wildman–Crippen LogP) is 3.91. The monoisotopic (exact) mass is 487 g/mol. The van der Waals surface area contributed by atoms with Crippen LogP contribution in [0.5, 0.6) is 0 Å². The number of carbonyl (C=O) groups is 1. The first-order valence-electron chi connectivity index (χ1n) is 11.8. The Balaban J connectivity index is 1.24. The second-order valence-electron chi connectivity index (χ2n) is 8.68. The van der Waals surface area contributed by atoms with Crippen LogP contribution in [0.15, 0.2) is 82.0 Å². The lowest BCUT2D eigenvalue weighted by Crippen LogP contribution is -2.47. The number of aryl methyl sites for hydroxylation is 1. The second-order valence-corrected chi connectivity index (χ2v) is 8.68. The lowest BCUT2D eigenvalue weighted by atomic mass is 10.2. The van der Waals surface area contributed by atoms with Gasteiger partial charge in [0, 0.05) is 43.6 Å². The SMILES string of the molecule is Cc1ccc(NC(=O)c2ccc(Cn3nc(N4CCN(c5ccccc5)CC4)ccc3=O)o2)cc1F. The molecule has 1 fully saturated rings. The molecule has 0 aliphatic carbocycles. The second kappa shape index (κ2) is 10.1. The van der Waals surface area contributed by atoms with Gasteiger partial charge in [-0.25, -0.2) is 9.07 Å². The highest BCUT2D eigenvalue weighted by Gasteiger charge is 2.19. The molecule has 4 aromatic rings. The summed E-state index contributed by atoms with van der Waals surface area (Å²) in [4.78, 5) is 29.4. The molecule has 0 unspecified atom stereocenters. The van der Waals surface area contributed by atoms with Crippen molar-refractivity contribution >= 4 is 23.1 Å². The minimum absolute atomic E-state index is 0.0622. The Bertz CT molecular complexity index is 1420. The topological polar surface area (TPSA) is 83.6 Å². The zero-order valence-corrected chi connectivity index (χ0v) is 19.9. The number of aromatic nitrogens is 2. The first kappa shape index (κ1) is 23.3. The van der Waals surface area contributed by atoms with Crippen molar-refractivity contribution in [3.05, 3.63) is 106 Å². The molecule has 1 N–H and O–H groups in total. The van der Waals surface area contributed by atoms with Gasteiger partial charge in [-0.15, -0.1) is 0 Å². The molecule has 1 aliphatic heterocycles. The summed E-state index contributed by atoms with van der Waals surface area (Å²) in [6.07, 6.45) is 0. The molecule has 1 amide bonds. The van der Waals surface area contributed by atoms with Gasteiger partial charge >= 0.3 is 0 Å². The van der Waals surface area contributed by atoms with Crippen LogP contribution in [0.1, 0.15) is 21.9 Å². The van der Waals surface area contributed by atoms with Crippen LogP contribution in [0.3, 0.4) is 0 Å². The number of halogens is 1. The number of anilines is 3. The molecule has 0 radical (unpaired) electrons. The summed E-state index contributed by atoms with van der Waals surface area (Å²) in [6, 6.07) is 21.1. The van der Waals surface area contributed by atoms with Crippen molar-refractivity contribution < 1.29 is 13.6 Å². The van der Waals surface area contributed by atoms with E-state index in [1.165, 1.54) is 28.6 Å². The molecular formula is C27H26FN5O3. The van der Waals surface area contributed by atoms with Crippen molar-refractivity contribution in [1.82, 2.24) is 9.78 Å². The number of piperazine rings is 1. The first-order chi connectivity index (χ1) is 17.5. The maximum absolute atomic E-state index is 13.8. The average Bonchev–Trinajstić information content (AvgIpc) is 3.37. The van der Waals surface area contributed by atoms with Crippen molar-refractivity contribution in [3.8, 4) is 0 Å². The van der Waals surface area contributed by atoms with Gasteiger partial charge in [0.05, 0.1) is 0 Å². The van der Waals surface area contributed by atoms with Crippen LogP contribution in [-0.2, 0) is 6.54 Å². The molecule has 2 aromatic heterocycles. The molecule has 5 rings (SSSR count). The molecule has 8 nitrogen and oxygen atoms in total. The zero-order valence-electron chi connectivity index (χ0n) is 19.9. The minimum atomic E-state index is -0.505. The Hall–Kier alpha value is -4.40. The number of hydrogen-bond acceptors (Lipinski definition) is 6. The standard InChI is InChI=1S/C27H26FN5O3/c1-19-7-8-20(17-23(19)28)29-27(35)24-10-9-22(36-24)18-33-26(34)12-11-25(30-33)32-15-13-31(14-16-32)21-5-3-2-4-6-21/h2-12,17H,13-16,18H2,1H3,(H,29,35). The van der Waals surface area contributed by atoms with Gasteiger partial charge in [0.1, 0.15) is 23.9 Å². The van der Waals surface area contributed by atoms with E-state index < -0.39 is 11.7 Å². The fourth-order valence-electron chi connectivity index (χ4n) is 4.15. The van der Waals surface area contributed by atoms with Gasteiger partial charge in [-0.3, -0.25) is 9.59 Å². The molecule has 36 heavy (non-hydrogen) atoms. The van der Waals surface area contributed by atoms with Crippen LogP contribution < -0.4 is 20.7 Å². The first-order valence-corrected chi connectivity index (χ1v) is 11.8. The molecule has 9 heteroatoms. The Kier molecular flexibility index (Phi) is 6.53. The highest BCUT2D eigenvalue weighted by molar-refractivity contribution is 6.02. The third kappa shape index (κ3) is 5.14. The zero-order chi connectivity index (χ0) is 25.1. The van der Waals surface area contributed by atoms with Crippen molar-refractivity contribution in [2.45, 2.75) is 13.5 Å². The summed E-state index contributed by atoms with van der Waals surface area (Å²) in [5.41, 5.74) is 1.75. The van der Waals surface area contributed by atoms with E-state index in [4.69, 9.17) is 4.42 Å². The Morgan fingerprint density at radius 3 is 2.47 bits per heavy atom. The number of para-hydroxylation sites is 1. The number of rotatable bonds is 6. The molecule has 0 atom stereocenters. The van der Waals surface area contributed by atoms with E-state index in [2.05, 4.69) is 32.3 Å². The molecule has 2 aromatic carbocycles. The summed E-state index contributed by atoms with van der Waals surface area (Å²) in [6.45, 7) is 5.01. The Morgan fingerprint density at radius 1 is 0.972 bits per heavy atom. The van der Waals surface area contributed by atoms with Gasteiger partial charge in [0.15, 0.2) is 5.76 Å². The van der Waals surface area contributed by atoms with E-state index in [1.807, 2.05) is 18.2 Å². The largest absolute Gasteiger partial charge is 0.454 e. The van der Waals surface area contributed by atoms with Gasteiger partial charge < -0.3 is 19.5 Å². The molecule has 184 valence electrons. The van der Waals surface area contributed by atoms with Gasteiger partial charge in [-0.2, -0.15) is 5.10 Å². The van der Waals surface area contributed by atoms with E-state index in [0.717, 1.165) is 26.2 Å². The quantitative estimate of drug-likeness (QED) is 0.444. The van der Waals surface area contributed by atoms with Gasteiger partial charge in [-0.05, 0) is 55.0 Å². The van der Waals surface area contributed by atoms with E-state index in [0.29, 0.717) is 22.8 Å². The van der Waals surface area contributed by atoms with E-state index in [9.17, 15) is 14.0 Å². The van der Waals surface area contributed by atoms with Gasteiger partial charge in [0.2, 0.25) is 0 Å². The Labute approximate surface area is 207 Å². The molecule has 0 spiro atoms. The number of hydrogen-bond donors (Lipinski definition) is 1. The van der Waals surface area contributed by atoms with Crippen molar-refractivity contribution in [2.75, 3.05) is 41.3 Å². The molecule has 0 bridgehead atoms. The summed E-state index contributed by atoms with van der Waals surface area (Å²) >= 11 is 0. The van der Waals surface area contributed by atoms with Crippen molar-refractivity contribution in [1.29, 1.82) is 0 Å². The van der Waals surface area contributed by atoms with Gasteiger partial charge in [-0.1, -0.05) is 24.3 Å². The van der Waals surface area contributed by atoms with Crippen LogP contribution in [-0.4, -0.2) is 41.9 Å². The summed E-state index contributed by atoms with van der Waals surface area (Å²) < 4.78 is 20.7. The fourth-order valence-corrected chi connectivity index (χ4v) is 4.15. The summed E-state index contributed by atoms with van der Waals surface area (Å²) in [7, 11) is 0. The van der Waals surface area contributed by atoms with E-state index >= 15 is 0 Å². The average molecular weight is 488 g/mol. The Morgan fingerprint density at radius 2 is 1.72 bits per heavy atom. The lowest BCUT2D eigenvalue weighted by Gasteiger charge is -2.36. The maximum Gasteiger partial charge on any atom is 0.291 e. The van der Waals surface area contributed by atoms with Crippen molar-refractivity contribution in [3.63, 3.8) is 0 Å². The van der Waals surface area contributed by atoms with Gasteiger partial charge in [0.25, 0.3) is 11.5 Å². The van der Waals surface area contributed by atoms with Crippen LogP contribution in [0.4, 0.5) is 21.6 Å². The number of amides is 1. The molecular weight excluding hydrogens is 461 g/mol. The number of carbonyl (C=O) groups excluding carboxylic acids is 1. The highest BCUT2D eigenvalue weighted by atomic mass is 19.1. The molecule has 1 aliphatic rings. The predicted molar refractivity (Wildman–Crippen MR) is 136 cm³/mol. The summed E-state index contributed by atoms with van der Waals surface area (Å²) in [5.74, 6) is 0.283. The van der Waals surface area contributed by atoms with Crippen LogP contribution in [0.25, 0.3) is 0 Å². The van der Waals surface area contributed by atoms with E-state index in [-0.39, 0.29) is 17.9 Å². The number of benzene rings is 2. The molecule has 3 heterocycles. The smallest absolute Gasteiger partial charge is 0.291 e. The summed E-state index contributed by atoms with van der Waals surface area (Å²) in [5, 5.41) is 7.15. The highest BCUT2D eigenvalue weighted by Crippen LogP contribution is 2.19. The molecule has 0 saturated carbocycles. The third-order valence-electron chi connectivity index (χ3n) is 6.20. The molecule has 1 saturated heterocycles. The van der Waals surface area contributed by atoms with Crippen LogP contribution >= 0.6 is 0 Å². The van der Waals surface area contributed by atoms with Crippen LogP contribution in [0, 0.1) is 12.7 Å². The maximum atomic E-state index is 13.8.